The highest BCUT2D eigenvalue weighted by Gasteiger charge is 2.13. The van der Waals surface area contributed by atoms with Crippen LogP contribution in [-0.4, -0.2) is 16.3 Å². The summed E-state index contributed by atoms with van der Waals surface area (Å²) in [4.78, 5) is 18.4. The summed E-state index contributed by atoms with van der Waals surface area (Å²) in [5.41, 5.74) is 6.01. The van der Waals surface area contributed by atoms with E-state index in [1.807, 2.05) is 13.0 Å². The second-order valence-electron chi connectivity index (χ2n) is 4.38. The molecule has 1 heterocycles. The van der Waals surface area contributed by atoms with E-state index in [0.29, 0.717) is 5.69 Å². The number of aldehydes is 1. The summed E-state index contributed by atoms with van der Waals surface area (Å²) in [5.74, 6) is 0.764. The molecule has 0 atom stereocenters. The molecule has 0 unspecified atom stereocenters. The monoisotopic (exact) mass is 228 g/mol. The summed E-state index contributed by atoms with van der Waals surface area (Å²) in [6.45, 7) is 8.10. The molecule has 0 aliphatic heterocycles. The van der Waals surface area contributed by atoms with E-state index in [9.17, 15) is 4.79 Å². The lowest BCUT2D eigenvalue weighted by molar-refractivity contribution is 0.112. The number of hydrogen-bond acceptors (Lipinski definition) is 2. The predicted octanol–water partition coefficient (Wildman–Crippen LogP) is 3.12. The maximum atomic E-state index is 11.0. The highest BCUT2D eigenvalue weighted by atomic mass is 16.1. The van der Waals surface area contributed by atoms with Crippen molar-refractivity contribution >= 4 is 6.29 Å². The van der Waals surface area contributed by atoms with Gasteiger partial charge in [-0.1, -0.05) is 12.1 Å². The van der Waals surface area contributed by atoms with Gasteiger partial charge in [0.1, 0.15) is 11.5 Å². The maximum Gasteiger partial charge on any atom is 0.168 e. The molecule has 0 bridgehead atoms. The maximum absolute atomic E-state index is 11.0. The number of rotatable bonds is 2. The molecule has 1 aromatic heterocycles. The number of aromatic amines is 1. The largest absolute Gasteiger partial charge is 0.340 e. The van der Waals surface area contributed by atoms with Crippen LogP contribution in [0, 0.1) is 27.7 Å². The van der Waals surface area contributed by atoms with Crippen LogP contribution >= 0.6 is 0 Å². The van der Waals surface area contributed by atoms with Crippen molar-refractivity contribution in [2.75, 3.05) is 0 Å². The Balaban J connectivity index is 2.68. The molecule has 2 aromatic rings. The molecule has 0 saturated heterocycles. The minimum absolute atomic E-state index is 0.550. The number of imidazole rings is 1. The molecule has 0 amide bonds. The standard InChI is InChI=1S/C14H16N2O/c1-8-5-6-12(10(3)9(8)2)14-13(7-17)15-11(4)16-14/h5-7H,1-4H3,(H,15,16). The van der Waals surface area contributed by atoms with Crippen LogP contribution in [0.2, 0.25) is 0 Å². The number of aryl methyl sites for hydroxylation is 2. The molecule has 0 aliphatic carbocycles. The lowest BCUT2D eigenvalue weighted by atomic mass is 9.96. The Morgan fingerprint density at radius 1 is 1.12 bits per heavy atom. The zero-order valence-corrected chi connectivity index (χ0v) is 10.6. The van der Waals surface area contributed by atoms with Crippen molar-refractivity contribution in [3.63, 3.8) is 0 Å². The average molecular weight is 228 g/mol. The number of carbonyl (C=O) groups excluding carboxylic acids is 1. The summed E-state index contributed by atoms with van der Waals surface area (Å²) in [6, 6.07) is 4.09. The van der Waals surface area contributed by atoms with E-state index < -0.39 is 0 Å². The molecular weight excluding hydrogens is 212 g/mol. The quantitative estimate of drug-likeness (QED) is 0.803. The van der Waals surface area contributed by atoms with Crippen LogP contribution in [0.4, 0.5) is 0 Å². The minimum Gasteiger partial charge on any atom is -0.340 e. The lowest BCUT2D eigenvalue weighted by Gasteiger charge is -2.09. The molecule has 1 N–H and O–H groups in total. The summed E-state index contributed by atoms with van der Waals surface area (Å²) < 4.78 is 0. The van der Waals surface area contributed by atoms with Gasteiger partial charge in [0, 0.05) is 5.56 Å². The zero-order chi connectivity index (χ0) is 12.6. The van der Waals surface area contributed by atoms with E-state index in [-0.39, 0.29) is 0 Å². The fraction of sp³-hybridized carbons (Fsp3) is 0.286. The molecule has 0 radical (unpaired) electrons. The van der Waals surface area contributed by atoms with Crippen molar-refractivity contribution < 1.29 is 4.79 Å². The molecule has 88 valence electrons. The number of hydrogen-bond donors (Lipinski definition) is 1. The SMILES string of the molecule is Cc1nc(-c2ccc(C)c(C)c2C)c(C=O)[nH]1. The van der Waals surface area contributed by atoms with Gasteiger partial charge in [-0.2, -0.15) is 0 Å². The van der Waals surface area contributed by atoms with Gasteiger partial charge in [-0.05, 0) is 44.4 Å². The van der Waals surface area contributed by atoms with Crippen molar-refractivity contribution in [2.45, 2.75) is 27.7 Å². The van der Waals surface area contributed by atoms with Gasteiger partial charge in [0.15, 0.2) is 6.29 Å². The lowest BCUT2D eigenvalue weighted by Crippen LogP contribution is -1.93. The van der Waals surface area contributed by atoms with Crippen molar-refractivity contribution in [2.24, 2.45) is 0 Å². The molecule has 3 heteroatoms. The molecule has 0 spiro atoms. The highest BCUT2D eigenvalue weighted by molar-refractivity contribution is 5.85. The van der Waals surface area contributed by atoms with Crippen LogP contribution in [0.1, 0.15) is 33.0 Å². The summed E-state index contributed by atoms with van der Waals surface area (Å²) in [6.07, 6.45) is 0.823. The van der Waals surface area contributed by atoms with E-state index in [1.54, 1.807) is 0 Å². The number of carbonyl (C=O) groups is 1. The molecule has 3 nitrogen and oxygen atoms in total. The van der Waals surface area contributed by atoms with Crippen molar-refractivity contribution in [1.29, 1.82) is 0 Å². The second-order valence-corrected chi connectivity index (χ2v) is 4.38. The Kier molecular flexibility index (Phi) is 2.84. The normalized spacial score (nSPS) is 10.6. The van der Waals surface area contributed by atoms with E-state index >= 15 is 0 Å². The number of nitrogens with one attached hydrogen (secondary N) is 1. The highest BCUT2D eigenvalue weighted by Crippen LogP contribution is 2.27. The molecule has 2 rings (SSSR count). The molecule has 17 heavy (non-hydrogen) atoms. The third-order valence-electron chi connectivity index (χ3n) is 3.28. The van der Waals surface area contributed by atoms with Crippen LogP contribution in [-0.2, 0) is 0 Å². The zero-order valence-electron chi connectivity index (χ0n) is 10.6. The Labute approximate surface area is 101 Å². The van der Waals surface area contributed by atoms with E-state index in [1.165, 1.54) is 16.7 Å². The molecule has 0 aliphatic rings. The molecule has 1 aromatic carbocycles. The molecule has 0 fully saturated rings. The van der Waals surface area contributed by atoms with Gasteiger partial charge in [0.25, 0.3) is 0 Å². The van der Waals surface area contributed by atoms with Gasteiger partial charge in [0.2, 0.25) is 0 Å². The Bertz CT molecular complexity index is 582. The van der Waals surface area contributed by atoms with Crippen molar-refractivity contribution in [1.82, 2.24) is 9.97 Å². The Hall–Kier alpha value is -1.90. The minimum atomic E-state index is 0.550. The summed E-state index contributed by atoms with van der Waals surface area (Å²) in [7, 11) is 0. The fourth-order valence-corrected chi connectivity index (χ4v) is 2.01. The first-order valence-corrected chi connectivity index (χ1v) is 5.63. The summed E-state index contributed by atoms with van der Waals surface area (Å²) >= 11 is 0. The number of benzene rings is 1. The van der Waals surface area contributed by atoms with Crippen LogP contribution in [0.25, 0.3) is 11.3 Å². The van der Waals surface area contributed by atoms with Gasteiger partial charge in [-0.3, -0.25) is 4.79 Å². The van der Waals surface area contributed by atoms with Gasteiger partial charge >= 0.3 is 0 Å². The second kappa shape index (κ2) is 4.17. The van der Waals surface area contributed by atoms with Crippen LogP contribution in [0.15, 0.2) is 12.1 Å². The van der Waals surface area contributed by atoms with E-state index in [4.69, 9.17) is 0 Å². The predicted molar refractivity (Wildman–Crippen MR) is 68.4 cm³/mol. The topological polar surface area (TPSA) is 45.8 Å². The molecular formula is C14H16N2O. The smallest absolute Gasteiger partial charge is 0.168 e. The summed E-state index contributed by atoms with van der Waals surface area (Å²) in [5, 5.41) is 0. The first kappa shape index (κ1) is 11.6. The van der Waals surface area contributed by atoms with Gasteiger partial charge in [-0.25, -0.2) is 4.98 Å². The van der Waals surface area contributed by atoms with Gasteiger partial charge in [-0.15, -0.1) is 0 Å². The van der Waals surface area contributed by atoms with Crippen molar-refractivity contribution in [3.8, 4) is 11.3 Å². The van der Waals surface area contributed by atoms with Crippen LogP contribution in [0.5, 0.6) is 0 Å². The van der Waals surface area contributed by atoms with Crippen LogP contribution in [0.3, 0.4) is 0 Å². The van der Waals surface area contributed by atoms with Crippen LogP contribution < -0.4 is 0 Å². The first-order valence-electron chi connectivity index (χ1n) is 5.63. The van der Waals surface area contributed by atoms with Crippen molar-refractivity contribution in [3.05, 3.63) is 40.3 Å². The fourth-order valence-electron chi connectivity index (χ4n) is 2.01. The number of H-pyrrole nitrogens is 1. The Morgan fingerprint density at radius 2 is 1.82 bits per heavy atom. The van der Waals surface area contributed by atoms with Gasteiger partial charge in [0.05, 0.1) is 5.69 Å². The van der Waals surface area contributed by atoms with Gasteiger partial charge < -0.3 is 4.98 Å². The third kappa shape index (κ3) is 1.88. The van der Waals surface area contributed by atoms with E-state index in [2.05, 4.69) is 36.8 Å². The van der Waals surface area contributed by atoms with E-state index in [0.717, 1.165) is 23.4 Å². The number of aromatic nitrogens is 2. The first-order chi connectivity index (χ1) is 8.04. The molecule has 0 saturated carbocycles. The average Bonchev–Trinajstić information content (AvgIpc) is 2.67. The third-order valence-corrected chi connectivity index (χ3v) is 3.28. The number of nitrogens with zero attached hydrogens (tertiary/aromatic N) is 1. The Morgan fingerprint density at radius 3 is 2.47 bits per heavy atom.